The van der Waals surface area contributed by atoms with Crippen molar-refractivity contribution in [1.29, 1.82) is 0 Å². The van der Waals surface area contributed by atoms with Gasteiger partial charge < -0.3 is 15.3 Å². The second-order valence-electron chi connectivity index (χ2n) is 3.82. The zero-order valence-electron chi connectivity index (χ0n) is 10.5. The number of hydrogen-bond acceptors (Lipinski definition) is 4. The van der Waals surface area contributed by atoms with Gasteiger partial charge >= 0.3 is 5.97 Å². The molecule has 1 amide bonds. The fourth-order valence-electron chi connectivity index (χ4n) is 1.42. The van der Waals surface area contributed by atoms with Crippen LogP contribution in [0, 0.1) is 0 Å². The highest BCUT2D eigenvalue weighted by Gasteiger charge is 2.09. The van der Waals surface area contributed by atoms with Gasteiger partial charge in [0.2, 0.25) is 0 Å². The zero-order valence-corrected chi connectivity index (χ0v) is 10.5. The molecule has 1 rings (SSSR count). The minimum absolute atomic E-state index is 0.0509. The molecule has 98 valence electrons. The summed E-state index contributed by atoms with van der Waals surface area (Å²) in [5.41, 5.74) is 1.10. The topological polar surface area (TPSA) is 82.5 Å². The van der Waals surface area contributed by atoms with Gasteiger partial charge in [0.1, 0.15) is 5.69 Å². The third-order valence-corrected chi connectivity index (χ3v) is 2.42. The molecular formula is C12H17N3O3. The Bertz CT molecular complexity index is 434. The molecule has 0 saturated heterocycles. The molecule has 6 heteroatoms. The third-order valence-electron chi connectivity index (χ3n) is 2.42. The lowest BCUT2D eigenvalue weighted by Crippen LogP contribution is -2.25. The molecule has 0 saturated carbocycles. The van der Waals surface area contributed by atoms with E-state index in [9.17, 15) is 9.59 Å². The van der Waals surface area contributed by atoms with Gasteiger partial charge in [-0.05, 0) is 19.1 Å². The first kappa shape index (κ1) is 14.0. The number of aromatic nitrogens is 1. The Hall–Kier alpha value is -2.11. The molecular weight excluding hydrogens is 234 g/mol. The fourth-order valence-corrected chi connectivity index (χ4v) is 1.42. The number of carbonyl (C=O) groups excluding carboxylic acids is 1. The molecule has 0 spiro atoms. The number of aliphatic carboxylic acids is 1. The maximum atomic E-state index is 11.6. The maximum Gasteiger partial charge on any atom is 0.305 e. The van der Waals surface area contributed by atoms with Gasteiger partial charge in [-0.1, -0.05) is 0 Å². The van der Waals surface area contributed by atoms with Crippen LogP contribution in [0.3, 0.4) is 0 Å². The van der Waals surface area contributed by atoms with Gasteiger partial charge in [-0.25, -0.2) is 0 Å². The normalized spacial score (nSPS) is 9.89. The van der Waals surface area contributed by atoms with Crippen LogP contribution < -0.4 is 10.2 Å². The van der Waals surface area contributed by atoms with Crippen molar-refractivity contribution in [2.24, 2.45) is 0 Å². The standard InChI is InChI=1S/C12H17N3O3/c1-3-13-12(18)10-8-9(4-6-14-10)15(2)7-5-11(16)17/h4,6,8H,3,5,7H2,1-2H3,(H,13,18)(H,16,17). The maximum absolute atomic E-state index is 11.6. The molecule has 0 fully saturated rings. The first-order chi connectivity index (χ1) is 8.54. The van der Waals surface area contributed by atoms with E-state index < -0.39 is 5.97 Å². The minimum atomic E-state index is -0.847. The van der Waals surface area contributed by atoms with E-state index in [1.54, 1.807) is 24.1 Å². The number of anilines is 1. The number of pyridine rings is 1. The highest BCUT2D eigenvalue weighted by atomic mass is 16.4. The Morgan fingerprint density at radius 3 is 2.83 bits per heavy atom. The van der Waals surface area contributed by atoms with Gasteiger partial charge in [-0.15, -0.1) is 0 Å². The van der Waals surface area contributed by atoms with Crippen molar-refractivity contribution in [3.63, 3.8) is 0 Å². The van der Waals surface area contributed by atoms with Crippen molar-refractivity contribution in [1.82, 2.24) is 10.3 Å². The molecule has 0 radical (unpaired) electrons. The number of amides is 1. The molecule has 1 heterocycles. The molecule has 18 heavy (non-hydrogen) atoms. The van der Waals surface area contributed by atoms with Crippen molar-refractivity contribution < 1.29 is 14.7 Å². The van der Waals surface area contributed by atoms with Gasteiger partial charge in [0.05, 0.1) is 6.42 Å². The van der Waals surface area contributed by atoms with E-state index in [1.807, 2.05) is 6.92 Å². The van der Waals surface area contributed by atoms with E-state index in [-0.39, 0.29) is 12.3 Å². The summed E-state index contributed by atoms with van der Waals surface area (Å²) in [6.45, 7) is 2.76. The van der Waals surface area contributed by atoms with Gasteiger partial charge in [0.25, 0.3) is 5.91 Å². The molecule has 0 unspecified atom stereocenters. The van der Waals surface area contributed by atoms with Crippen LogP contribution in [0.5, 0.6) is 0 Å². The Balaban J connectivity index is 2.74. The van der Waals surface area contributed by atoms with Crippen LogP contribution in [0.4, 0.5) is 5.69 Å². The van der Waals surface area contributed by atoms with Crippen LogP contribution >= 0.6 is 0 Å². The SMILES string of the molecule is CCNC(=O)c1cc(N(C)CCC(=O)O)ccn1. The molecule has 6 nitrogen and oxygen atoms in total. The van der Waals surface area contributed by atoms with Crippen LogP contribution in [0.15, 0.2) is 18.3 Å². The first-order valence-electron chi connectivity index (χ1n) is 5.71. The van der Waals surface area contributed by atoms with Crippen molar-refractivity contribution in [2.45, 2.75) is 13.3 Å². The van der Waals surface area contributed by atoms with Crippen molar-refractivity contribution in [2.75, 3.05) is 25.0 Å². The summed E-state index contributed by atoms with van der Waals surface area (Å²) in [4.78, 5) is 27.8. The van der Waals surface area contributed by atoms with Crippen LogP contribution in [0.2, 0.25) is 0 Å². The third kappa shape index (κ3) is 4.04. The average Bonchev–Trinajstić information content (AvgIpc) is 2.36. The highest BCUT2D eigenvalue weighted by Crippen LogP contribution is 2.13. The lowest BCUT2D eigenvalue weighted by Gasteiger charge is -2.18. The Kier molecular flexibility index (Phi) is 5.10. The fraction of sp³-hybridized carbons (Fsp3) is 0.417. The predicted molar refractivity (Wildman–Crippen MR) is 67.8 cm³/mol. The Labute approximate surface area is 106 Å². The lowest BCUT2D eigenvalue weighted by atomic mass is 10.2. The zero-order chi connectivity index (χ0) is 13.5. The molecule has 0 aromatic carbocycles. The summed E-state index contributed by atoms with van der Waals surface area (Å²) >= 11 is 0. The number of carboxylic acids is 1. The summed E-state index contributed by atoms with van der Waals surface area (Å²) in [5, 5.41) is 11.3. The van der Waals surface area contributed by atoms with Crippen molar-refractivity contribution in [3.05, 3.63) is 24.0 Å². The molecule has 0 aliphatic rings. The predicted octanol–water partition coefficient (Wildman–Crippen LogP) is 0.742. The van der Waals surface area contributed by atoms with Gasteiger partial charge in [-0.2, -0.15) is 0 Å². The van der Waals surface area contributed by atoms with Crippen molar-refractivity contribution >= 4 is 17.6 Å². The quantitative estimate of drug-likeness (QED) is 0.779. The molecule has 0 atom stereocenters. The second kappa shape index (κ2) is 6.58. The summed E-state index contributed by atoms with van der Waals surface area (Å²) in [5.74, 6) is -1.08. The van der Waals surface area contributed by atoms with E-state index in [2.05, 4.69) is 10.3 Å². The molecule has 1 aromatic rings. The molecule has 1 aromatic heterocycles. The smallest absolute Gasteiger partial charge is 0.305 e. The molecule has 0 bridgehead atoms. The second-order valence-corrected chi connectivity index (χ2v) is 3.82. The van der Waals surface area contributed by atoms with E-state index in [0.29, 0.717) is 18.8 Å². The number of rotatable bonds is 6. The molecule has 0 aliphatic carbocycles. The van der Waals surface area contributed by atoms with Gasteiger partial charge in [-0.3, -0.25) is 14.6 Å². The average molecular weight is 251 g/mol. The summed E-state index contributed by atoms with van der Waals surface area (Å²) in [6, 6.07) is 3.39. The number of nitrogens with one attached hydrogen (secondary N) is 1. The van der Waals surface area contributed by atoms with E-state index >= 15 is 0 Å². The summed E-state index contributed by atoms with van der Waals surface area (Å²) in [7, 11) is 1.78. The number of carbonyl (C=O) groups is 2. The van der Waals surface area contributed by atoms with Crippen LogP contribution in [0.1, 0.15) is 23.8 Å². The number of hydrogen-bond donors (Lipinski definition) is 2. The van der Waals surface area contributed by atoms with Crippen molar-refractivity contribution in [3.8, 4) is 0 Å². The largest absolute Gasteiger partial charge is 0.481 e. The van der Waals surface area contributed by atoms with Crippen LogP contribution in [0.25, 0.3) is 0 Å². The van der Waals surface area contributed by atoms with E-state index in [0.717, 1.165) is 5.69 Å². The minimum Gasteiger partial charge on any atom is -0.481 e. The van der Waals surface area contributed by atoms with E-state index in [4.69, 9.17) is 5.11 Å². The molecule has 2 N–H and O–H groups in total. The summed E-state index contributed by atoms with van der Waals surface area (Å²) < 4.78 is 0. The van der Waals surface area contributed by atoms with Crippen LogP contribution in [-0.4, -0.2) is 42.1 Å². The lowest BCUT2D eigenvalue weighted by molar-refractivity contribution is -0.136. The monoisotopic (exact) mass is 251 g/mol. The summed E-state index contributed by atoms with van der Waals surface area (Å²) in [6.07, 6.45) is 1.59. The van der Waals surface area contributed by atoms with Crippen LogP contribution in [-0.2, 0) is 4.79 Å². The van der Waals surface area contributed by atoms with Gasteiger partial charge in [0.15, 0.2) is 0 Å². The number of carboxylic acid groups (broad SMARTS) is 1. The Morgan fingerprint density at radius 1 is 1.50 bits per heavy atom. The highest BCUT2D eigenvalue weighted by molar-refractivity contribution is 5.93. The molecule has 0 aliphatic heterocycles. The van der Waals surface area contributed by atoms with Gasteiger partial charge in [0, 0.05) is 32.0 Å². The van der Waals surface area contributed by atoms with E-state index in [1.165, 1.54) is 6.20 Å². The first-order valence-corrected chi connectivity index (χ1v) is 5.71. The number of nitrogens with zero attached hydrogens (tertiary/aromatic N) is 2. The Morgan fingerprint density at radius 2 is 2.22 bits per heavy atom.